The van der Waals surface area contributed by atoms with Gasteiger partial charge in [-0.15, -0.1) is 0 Å². The molecule has 3 rings (SSSR count). The number of fused-ring (bicyclic) bond motifs is 1. The summed E-state index contributed by atoms with van der Waals surface area (Å²) in [5, 5.41) is 3.43. The van der Waals surface area contributed by atoms with Crippen LogP contribution in [0.2, 0.25) is 0 Å². The first-order chi connectivity index (χ1) is 9.28. The molecular formula is C16H18N2O. The molecule has 1 unspecified atom stereocenters. The Labute approximate surface area is 113 Å². The minimum atomic E-state index is 0.585. The highest BCUT2D eigenvalue weighted by Crippen LogP contribution is 2.35. The Morgan fingerprint density at radius 3 is 2.89 bits per heavy atom. The molecule has 98 valence electrons. The van der Waals surface area contributed by atoms with Crippen LogP contribution < -0.4 is 15.8 Å². The van der Waals surface area contributed by atoms with E-state index in [0.29, 0.717) is 5.92 Å². The fourth-order valence-corrected chi connectivity index (χ4v) is 2.59. The van der Waals surface area contributed by atoms with Crippen molar-refractivity contribution in [2.45, 2.75) is 12.3 Å². The third kappa shape index (κ3) is 2.24. The maximum absolute atomic E-state index is 5.97. The second-order valence-electron chi connectivity index (χ2n) is 4.93. The highest BCUT2D eigenvalue weighted by molar-refractivity contribution is 5.68. The first-order valence-corrected chi connectivity index (χ1v) is 6.53. The van der Waals surface area contributed by atoms with Gasteiger partial charge in [0.2, 0.25) is 0 Å². The van der Waals surface area contributed by atoms with Crippen molar-refractivity contribution in [2.75, 3.05) is 24.7 Å². The summed E-state index contributed by atoms with van der Waals surface area (Å²) < 4.78 is 5.22. The minimum Gasteiger partial charge on any atom is -0.497 e. The molecule has 19 heavy (non-hydrogen) atoms. The van der Waals surface area contributed by atoms with E-state index in [2.05, 4.69) is 29.6 Å². The Kier molecular flexibility index (Phi) is 3.03. The van der Waals surface area contributed by atoms with Crippen LogP contribution in [0, 0.1) is 0 Å². The first-order valence-electron chi connectivity index (χ1n) is 6.53. The van der Waals surface area contributed by atoms with Gasteiger partial charge < -0.3 is 15.8 Å². The van der Waals surface area contributed by atoms with E-state index in [1.807, 2.05) is 18.2 Å². The smallest absolute Gasteiger partial charge is 0.121 e. The molecule has 0 radical (unpaired) electrons. The van der Waals surface area contributed by atoms with Crippen LogP contribution in [0.4, 0.5) is 11.4 Å². The largest absolute Gasteiger partial charge is 0.497 e. The molecule has 1 atom stereocenters. The van der Waals surface area contributed by atoms with E-state index >= 15 is 0 Å². The summed E-state index contributed by atoms with van der Waals surface area (Å²) in [5.74, 6) is 1.41. The predicted molar refractivity (Wildman–Crippen MR) is 78.8 cm³/mol. The normalized spacial score (nSPS) is 16.4. The van der Waals surface area contributed by atoms with Crippen molar-refractivity contribution in [3.8, 4) is 5.75 Å². The highest BCUT2D eigenvalue weighted by atomic mass is 16.5. The van der Waals surface area contributed by atoms with E-state index < -0.39 is 0 Å². The molecule has 1 aliphatic carbocycles. The Balaban J connectivity index is 1.68. The number of nitrogen functional groups attached to an aromatic ring is 1. The lowest BCUT2D eigenvalue weighted by atomic mass is 9.77. The molecule has 0 heterocycles. The summed E-state index contributed by atoms with van der Waals surface area (Å²) in [5.41, 5.74) is 10.6. The quantitative estimate of drug-likeness (QED) is 0.824. The topological polar surface area (TPSA) is 47.3 Å². The van der Waals surface area contributed by atoms with Gasteiger partial charge in [-0.2, -0.15) is 0 Å². The Morgan fingerprint density at radius 2 is 2.11 bits per heavy atom. The van der Waals surface area contributed by atoms with E-state index in [-0.39, 0.29) is 0 Å². The zero-order valence-corrected chi connectivity index (χ0v) is 11.0. The van der Waals surface area contributed by atoms with Gasteiger partial charge in [-0.3, -0.25) is 0 Å². The second-order valence-corrected chi connectivity index (χ2v) is 4.93. The van der Waals surface area contributed by atoms with Gasteiger partial charge in [0.25, 0.3) is 0 Å². The summed E-state index contributed by atoms with van der Waals surface area (Å²) >= 11 is 0. The molecule has 0 spiro atoms. The van der Waals surface area contributed by atoms with Crippen LogP contribution >= 0.6 is 0 Å². The Morgan fingerprint density at radius 1 is 1.26 bits per heavy atom. The second kappa shape index (κ2) is 4.84. The number of hydrogen-bond donors (Lipinski definition) is 2. The maximum atomic E-state index is 5.97. The number of methoxy groups -OCH3 is 1. The predicted octanol–water partition coefficient (Wildman–Crippen LogP) is 3.03. The summed E-state index contributed by atoms with van der Waals surface area (Å²) in [6, 6.07) is 14.3. The summed E-state index contributed by atoms with van der Waals surface area (Å²) in [4.78, 5) is 0. The van der Waals surface area contributed by atoms with E-state index in [1.54, 1.807) is 7.11 Å². The molecule has 0 aliphatic heterocycles. The molecule has 0 bridgehead atoms. The van der Waals surface area contributed by atoms with E-state index in [0.717, 1.165) is 30.1 Å². The number of rotatable bonds is 4. The molecule has 0 saturated heterocycles. The van der Waals surface area contributed by atoms with Crippen LogP contribution in [-0.4, -0.2) is 13.7 Å². The number of ether oxygens (including phenoxy) is 1. The van der Waals surface area contributed by atoms with E-state index in [4.69, 9.17) is 10.5 Å². The average molecular weight is 254 g/mol. The lowest BCUT2D eigenvalue weighted by molar-refractivity contribution is 0.415. The molecule has 0 amide bonds. The number of hydrogen-bond acceptors (Lipinski definition) is 3. The van der Waals surface area contributed by atoms with Crippen molar-refractivity contribution in [2.24, 2.45) is 0 Å². The highest BCUT2D eigenvalue weighted by Gasteiger charge is 2.24. The van der Waals surface area contributed by atoms with Gasteiger partial charge in [0.1, 0.15) is 5.75 Å². The molecule has 0 fully saturated rings. The Hall–Kier alpha value is -2.16. The van der Waals surface area contributed by atoms with Gasteiger partial charge in [0.05, 0.1) is 18.5 Å². The molecule has 3 N–H and O–H groups in total. The Bertz CT molecular complexity index is 595. The van der Waals surface area contributed by atoms with Crippen LogP contribution in [0.25, 0.3) is 0 Å². The lowest BCUT2D eigenvalue weighted by Crippen LogP contribution is -2.24. The number of benzene rings is 2. The third-order valence-corrected chi connectivity index (χ3v) is 3.76. The van der Waals surface area contributed by atoms with Crippen LogP contribution in [0.5, 0.6) is 5.75 Å². The summed E-state index contributed by atoms with van der Waals surface area (Å²) in [6.45, 7) is 0.911. The number of nitrogens with one attached hydrogen (secondary N) is 1. The van der Waals surface area contributed by atoms with Gasteiger partial charge >= 0.3 is 0 Å². The zero-order valence-electron chi connectivity index (χ0n) is 11.0. The van der Waals surface area contributed by atoms with Gasteiger partial charge in [0, 0.05) is 18.5 Å². The van der Waals surface area contributed by atoms with E-state index in [9.17, 15) is 0 Å². The lowest BCUT2D eigenvalue weighted by Gasteiger charge is -2.30. The molecular weight excluding hydrogens is 236 g/mol. The SMILES string of the molecule is COc1ccc(N)c(NCC2Cc3ccccc32)c1. The van der Waals surface area contributed by atoms with Crippen molar-refractivity contribution in [1.82, 2.24) is 0 Å². The fourth-order valence-electron chi connectivity index (χ4n) is 2.59. The van der Waals surface area contributed by atoms with E-state index in [1.165, 1.54) is 11.1 Å². The molecule has 3 nitrogen and oxygen atoms in total. The number of anilines is 2. The van der Waals surface area contributed by atoms with Gasteiger partial charge in [0.15, 0.2) is 0 Å². The molecule has 3 heteroatoms. The molecule has 2 aromatic rings. The summed E-state index contributed by atoms with van der Waals surface area (Å²) in [6.07, 6.45) is 1.15. The van der Waals surface area contributed by atoms with Crippen LogP contribution in [-0.2, 0) is 6.42 Å². The molecule has 0 saturated carbocycles. The monoisotopic (exact) mass is 254 g/mol. The summed E-state index contributed by atoms with van der Waals surface area (Å²) in [7, 11) is 1.66. The third-order valence-electron chi connectivity index (χ3n) is 3.76. The van der Waals surface area contributed by atoms with Gasteiger partial charge in [-0.1, -0.05) is 24.3 Å². The first kappa shape index (κ1) is 11.9. The zero-order chi connectivity index (χ0) is 13.2. The minimum absolute atomic E-state index is 0.585. The van der Waals surface area contributed by atoms with Crippen LogP contribution in [0.1, 0.15) is 17.0 Å². The van der Waals surface area contributed by atoms with Crippen molar-refractivity contribution in [3.63, 3.8) is 0 Å². The average Bonchev–Trinajstić information content (AvgIpc) is 2.42. The van der Waals surface area contributed by atoms with Gasteiger partial charge in [-0.05, 0) is 29.7 Å². The van der Waals surface area contributed by atoms with Gasteiger partial charge in [-0.25, -0.2) is 0 Å². The van der Waals surface area contributed by atoms with Crippen LogP contribution in [0.15, 0.2) is 42.5 Å². The van der Waals surface area contributed by atoms with Crippen molar-refractivity contribution < 1.29 is 4.74 Å². The number of nitrogens with two attached hydrogens (primary N) is 1. The van der Waals surface area contributed by atoms with Crippen LogP contribution in [0.3, 0.4) is 0 Å². The molecule has 1 aliphatic rings. The fraction of sp³-hybridized carbons (Fsp3) is 0.250. The van der Waals surface area contributed by atoms with Crippen molar-refractivity contribution in [3.05, 3.63) is 53.6 Å². The standard InChI is InChI=1S/C16H18N2O/c1-19-13-6-7-15(17)16(9-13)18-10-12-8-11-4-2-3-5-14(11)12/h2-7,9,12,18H,8,10,17H2,1H3. The maximum Gasteiger partial charge on any atom is 0.121 e. The molecule has 0 aromatic heterocycles. The molecule has 2 aromatic carbocycles. The van der Waals surface area contributed by atoms with Crippen molar-refractivity contribution >= 4 is 11.4 Å². The van der Waals surface area contributed by atoms with Crippen molar-refractivity contribution in [1.29, 1.82) is 0 Å².